The predicted octanol–water partition coefficient (Wildman–Crippen LogP) is 2.49. The van der Waals surface area contributed by atoms with Gasteiger partial charge in [0.15, 0.2) is 0 Å². The summed E-state index contributed by atoms with van der Waals surface area (Å²) in [6.45, 7) is 0.309. The van der Waals surface area contributed by atoms with Gasteiger partial charge in [-0.05, 0) is 36.8 Å². The molecule has 3 N–H and O–H groups in total. The fourth-order valence-corrected chi connectivity index (χ4v) is 2.56. The van der Waals surface area contributed by atoms with Crippen molar-refractivity contribution in [3.8, 4) is 0 Å². The third kappa shape index (κ3) is 3.52. The van der Waals surface area contributed by atoms with Gasteiger partial charge in [0.2, 0.25) is 0 Å². The highest BCUT2D eigenvalue weighted by molar-refractivity contribution is 5.94. The van der Waals surface area contributed by atoms with E-state index in [1.807, 2.05) is 18.2 Å². The average molecular weight is 284 g/mol. The van der Waals surface area contributed by atoms with Crippen molar-refractivity contribution in [3.05, 3.63) is 59.5 Å². The molecule has 1 aromatic carbocycles. The highest BCUT2D eigenvalue weighted by Gasteiger charge is 2.32. The predicted molar refractivity (Wildman–Crippen MR) is 80.7 cm³/mol. The number of carbonyl (C=O) groups is 1. The van der Waals surface area contributed by atoms with E-state index < -0.39 is 0 Å². The molecule has 1 fully saturated rings. The molecule has 1 amide bonds. The molecule has 0 aliphatic heterocycles. The van der Waals surface area contributed by atoms with Crippen molar-refractivity contribution >= 4 is 5.91 Å². The van der Waals surface area contributed by atoms with E-state index in [0.717, 1.165) is 6.42 Å². The van der Waals surface area contributed by atoms with Crippen LogP contribution in [0.25, 0.3) is 0 Å². The Morgan fingerprint density at radius 2 is 2.10 bits per heavy atom. The fraction of sp³-hybridized carbons (Fsp3) is 0.353. The van der Waals surface area contributed by atoms with Crippen LogP contribution in [0.1, 0.15) is 34.5 Å². The normalized spacial score (nSPS) is 15.7. The highest BCUT2D eigenvalue weighted by atomic mass is 16.3. The lowest BCUT2D eigenvalue weighted by Gasteiger charge is -2.18. The van der Waals surface area contributed by atoms with Gasteiger partial charge in [0.05, 0.1) is 12.1 Å². The van der Waals surface area contributed by atoms with Gasteiger partial charge in [-0.15, -0.1) is 0 Å². The van der Waals surface area contributed by atoms with Crippen molar-refractivity contribution in [2.75, 3.05) is 0 Å². The van der Waals surface area contributed by atoms with E-state index >= 15 is 0 Å². The summed E-state index contributed by atoms with van der Waals surface area (Å²) in [6, 6.07) is 12.2. The average Bonchev–Trinajstić information content (AvgIpc) is 3.24. The van der Waals surface area contributed by atoms with E-state index in [2.05, 4.69) is 17.4 Å². The fourth-order valence-electron chi connectivity index (χ4n) is 2.56. The zero-order valence-electron chi connectivity index (χ0n) is 11.9. The molecule has 1 aliphatic rings. The molecule has 0 radical (unpaired) electrons. The molecule has 110 valence electrons. The third-order valence-corrected chi connectivity index (χ3v) is 3.92. The number of carbonyl (C=O) groups excluding carboxylic acids is 1. The molecule has 21 heavy (non-hydrogen) atoms. The molecule has 1 aliphatic carbocycles. The first-order valence-corrected chi connectivity index (χ1v) is 7.38. The van der Waals surface area contributed by atoms with Crippen LogP contribution in [0.5, 0.6) is 0 Å². The lowest BCUT2D eigenvalue weighted by Crippen LogP contribution is -2.37. The SMILES string of the molecule is NCc1cc(C(=O)NC(Cc2ccccc2)C2CC2)co1. The monoisotopic (exact) mass is 284 g/mol. The summed E-state index contributed by atoms with van der Waals surface area (Å²) in [4.78, 5) is 12.3. The number of furan rings is 1. The van der Waals surface area contributed by atoms with Gasteiger partial charge in [-0.3, -0.25) is 4.79 Å². The van der Waals surface area contributed by atoms with Crippen LogP contribution in [-0.2, 0) is 13.0 Å². The Kier molecular flexibility index (Phi) is 4.06. The van der Waals surface area contributed by atoms with Gasteiger partial charge in [-0.25, -0.2) is 0 Å². The maximum atomic E-state index is 12.3. The Morgan fingerprint density at radius 1 is 1.33 bits per heavy atom. The van der Waals surface area contributed by atoms with Crippen LogP contribution in [0.4, 0.5) is 0 Å². The van der Waals surface area contributed by atoms with Crippen molar-refractivity contribution in [1.82, 2.24) is 5.32 Å². The first kappa shape index (κ1) is 13.9. The third-order valence-electron chi connectivity index (χ3n) is 3.92. The van der Waals surface area contributed by atoms with Crippen molar-refractivity contribution in [3.63, 3.8) is 0 Å². The molecule has 1 atom stereocenters. The molecule has 0 bridgehead atoms. The van der Waals surface area contributed by atoms with E-state index in [9.17, 15) is 4.79 Å². The van der Waals surface area contributed by atoms with Crippen molar-refractivity contribution in [2.24, 2.45) is 11.7 Å². The molecule has 2 aromatic rings. The molecule has 1 aromatic heterocycles. The van der Waals surface area contributed by atoms with Crippen molar-refractivity contribution in [2.45, 2.75) is 31.8 Å². The molecule has 1 heterocycles. The van der Waals surface area contributed by atoms with Crippen LogP contribution in [0.15, 0.2) is 47.1 Å². The maximum Gasteiger partial charge on any atom is 0.254 e. The van der Waals surface area contributed by atoms with Crippen LogP contribution in [0.2, 0.25) is 0 Å². The van der Waals surface area contributed by atoms with Crippen LogP contribution < -0.4 is 11.1 Å². The topological polar surface area (TPSA) is 68.3 Å². The summed E-state index contributed by atoms with van der Waals surface area (Å²) in [5.41, 5.74) is 7.30. The summed E-state index contributed by atoms with van der Waals surface area (Å²) in [7, 11) is 0. The minimum Gasteiger partial charge on any atom is -0.467 e. The van der Waals surface area contributed by atoms with E-state index in [4.69, 9.17) is 10.2 Å². The number of benzene rings is 1. The van der Waals surface area contributed by atoms with Crippen LogP contribution >= 0.6 is 0 Å². The second-order valence-electron chi connectivity index (χ2n) is 5.61. The van der Waals surface area contributed by atoms with Gasteiger partial charge >= 0.3 is 0 Å². The number of amides is 1. The Labute approximate surface area is 124 Å². The lowest BCUT2D eigenvalue weighted by atomic mass is 10.0. The molecule has 4 nitrogen and oxygen atoms in total. The minimum atomic E-state index is -0.0775. The van der Waals surface area contributed by atoms with Crippen LogP contribution in [0.3, 0.4) is 0 Å². The van der Waals surface area contributed by atoms with Gasteiger partial charge in [0.25, 0.3) is 5.91 Å². The first-order valence-electron chi connectivity index (χ1n) is 7.38. The molecule has 0 spiro atoms. The lowest BCUT2D eigenvalue weighted by molar-refractivity contribution is 0.0931. The molecular weight excluding hydrogens is 264 g/mol. The summed E-state index contributed by atoms with van der Waals surface area (Å²) in [5, 5.41) is 3.14. The largest absolute Gasteiger partial charge is 0.467 e. The van der Waals surface area contributed by atoms with Crippen molar-refractivity contribution in [1.29, 1.82) is 0 Å². The molecular formula is C17H20N2O2. The zero-order valence-corrected chi connectivity index (χ0v) is 11.9. The van der Waals surface area contributed by atoms with E-state index in [1.165, 1.54) is 24.7 Å². The van der Waals surface area contributed by atoms with Gasteiger partial charge < -0.3 is 15.5 Å². The summed E-state index contributed by atoms with van der Waals surface area (Å²) in [5.74, 6) is 1.15. The van der Waals surface area contributed by atoms with Crippen LogP contribution in [0, 0.1) is 5.92 Å². The molecule has 3 rings (SSSR count). The smallest absolute Gasteiger partial charge is 0.254 e. The molecule has 4 heteroatoms. The standard InChI is InChI=1S/C17H20N2O2/c18-10-15-9-14(11-21-15)17(20)19-16(13-6-7-13)8-12-4-2-1-3-5-12/h1-5,9,11,13,16H,6-8,10,18H2,(H,19,20). The number of rotatable bonds is 6. The van der Waals surface area contributed by atoms with Gasteiger partial charge in [0, 0.05) is 6.04 Å². The minimum absolute atomic E-state index is 0.0775. The van der Waals surface area contributed by atoms with E-state index in [1.54, 1.807) is 6.07 Å². The van der Waals surface area contributed by atoms with Gasteiger partial charge in [-0.1, -0.05) is 30.3 Å². The van der Waals surface area contributed by atoms with E-state index in [0.29, 0.717) is 23.8 Å². The summed E-state index contributed by atoms with van der Waals surface area (Å²) < 4.78 is 5.23. The number of hydrogen-bond acceptors (Lipinski definition) is 3. The Bertz CT molecular complexity index is 602. The second kappa shape index (κ2) is 6.14. The highest BCUT2D eigenvalue weighted by Crippen LogP contribution is 2.34. The van der Waals surface area contributed by atoms with Gasteiger partial charge in [-0.2, -0.15) is 0 Å². The number of nitrogens with two attached hydrogens (primary N) is 1. The Hall–Kier alpha value is -2.07. The van der Waals surface area contributed by atoms with Gasteiger partial charge in [0.1, 0.15) is 12.0 Å². The van der Waals surface area contributed by atoms with Crippen molar-refractivity contribution < 1.29 is 9.21 Å². The zero-order chi connectivity index (χ0) is 14.7. The Balaban J connectivity index is 1.66. The Morgan fingerprint density at radius 3 is 2.71 bits per heavy atom. The maximum absolute atomic E-state index is 12.3. The summed E-state index contributed by atoms with van der Waals surface area (Å²) >= 11 is 0. The molecule has 1 unspecified atom stereocenters. The molecule has 0 saturated heterocycles. The number of nitrogens with one attached hydrogen (secondary N) is 1. The molecule has 1 saturated carbocycles. The second-order valence-corrected chi connectivity index (χ2v) is 5.61. The van der Waals surface area contributed by atoms with E-state index in [-0.39, 0.29) is 11.9 Å². The van der Waals surface area contributed by atoms with Crippen LogP contribution in [-0.4, -0.2) is 11.9 Å². The first-order chi connectivity index (χ1) is 10.3. The number of hydrogen-bond donors (Lipinski definition) is 2. The summed E-state index contributed by atoms with van der Waals surface area (Å²) in [6.07, 6.45) is 4.73. The quantitative estimate of drug-likeness (QED) is 0.856.